The fraction of sp³-hybridized carbons (Fsp3) is 0.176. The number of anilines is 3. The number of fused-ring (bicyclic) bond motifs is 6. The normalized spacial score (nSPS) is 21.6. The summed E-state index contributed by atoms with van der Waals surface area (Å²) in [7, 11) is 0. The molecular formula is C34H27Br2NO. The van der Waals surface area contributed by atoms with Crippen molar-refractivity contribution in [3.63, 3.8) is 0 Å². The van der Waals surface area contributed by atoms with E-state index in [4.69, 9.17) is 4.74 Å². The number of halogens is 2. The van der Waals surface area contributed by atoms with Crippen molar-refractivity contribution in [1.29, 1.82) is 0 Å². The molecule has 0 aliphatic carbocycles. The van der Waals surface area contributed by atoms with Gasteiger partial charge in [-0.05, 0) is 121 Å². The number of hydrogen-bond acceptors (Lipinski definition) is 2. The number of benzene rings is 5. The highest BCUT2D eigenvalue weighted by molar-refractivity contribution is 9.10. The summed E-state index contributed by atoms with van der Waals surface area (Å²) in [5, 5.41) is 2.45. The van der Waals surface area contributed by atoms with Gasteiger partial charge in [0.1, 0.15) is 0 Å². The maximum absolute atomic E-state index is 6.60. The summed E-state index contributed by atoms with van der Waals surface area (Å²) in [6.45, 7) is 4.50. The maximum Gasteiger partial charge on any atom is 0.0920 e. The Morgan fingerprint density at radius 1 is 0.632 bits per heavy atom. The van der Waals surface area contributed by atoms with E-state index >= 15 is 0 Å². The van der Waals surface area contributed by atoms with E-state index in [1.165, 1.54) is 33.0 Å². The molecule has 0 N–H and O–H groups in total. The molecule has 5 aromatic rings. The first kappa shape index (κ1) is 24.1. The van der Waals surface area contributed by atoms with Gasteiger partial charge in [-0.2, -0.15) is 0 Å². The number of ether oxygens (including phenoxy) is 1. The number of nitrogens with zero attached hydrogens (tertiary/aromatic N) is 1. The van der Waals surface area contributed by atoms with E-state index in [1.54, 1.807) is 0 Å². The Balaban J connectivity index is 1.49. The number of hydrogen-bond donors (Lipinski definition) is 0. The zero-order valence-corrected chi connectivity index (χ0v) is 24.5. The fourth-order valence-electron chi connectivity index (χ4n) is 6.32. The van der Waals surface area contributed by atoms with Gasteiger partial charge in [-0.3, -0.25) is 0 Å². The Kier molecular flexibility index (Phi) is 5.59. The highest BCUT2D eigenvalue weighted by Gasteiger charge is 2.54. The van der Waals surface area contributed by atoms with Gasteiger partial charge in [-0.25, -0.2) is 0 Å². The van der Waals surface area contributed by atoms with Crippen LogP contribution in [0.5, 0.6) is 0 Å². The van der Waals surface area contributed by atoms with Crippen LogP contribution in [0.1, 0.15) is 37.8 Å². The van der Waals surface area contributed by atoms with Gasteiger partial charge in [0, 0.05) is 25.9 Å². The van der Waals surface area contributed by atoms with Gasteiger partial charge in [-0.1, -0.05) is 68.3 Å². The van der Waals surface area contributed by atoms with Gasteiger partial charge in [0.25, 0.3) is 0 Å². The summed E-state index contributed by atoms with van der Waals surface area (Å²) in [5.74, 6) is 0. The van der Waals surface area contributed by atoms with Gasteiger partial charge >= 0.3 is 0 Å². The molecule has 0 radical (unpaired) electrons. The van der Waals surface area contributed by atoms with Gasteiger partial charge < -0.3 is 9.64 Å². The predicted octanol–water partition coefficient (Wildman–Crippen LogP) is 10.8. The summed E-state index contributed by atoms with van der Waals surface area (Å²) in [6.07, 6.45) is 2.15. The molecule has 2 aliphatic heterocycles. The summed E-state index contributed by atoms with van der Waals surface area (Å²) in [5.41, 5.74) is 8.07. The topological polar surface area (TPSA) is 12.5 Å². The van der Waals surface area contributed by atoms with Crippen molar-refractivity contribution in [2.45, 2.75) is 37.9 Å². The lowest BCUT2D eigenvalue weighted by Gasteiger charge is -2.29. The van der Waals surface area contributed by atoms with E-state index < -0.39 is 0 Å². The van der Waals surface area contributed by atoms with Crippen molar-refractivity contribution in [2.24, 2.45) is 0 Å². The molecule has 1 saturated heterocycles. The van der Waals surface area contributed by atoms with E-state index in [0.29, 0.717) is 0 Å². The second kappa shape index (κ2) is 8.81. The Morgan fingerprint density at radius 3 is 1.79 bits per heavy atom. The molecule has 1 fully saturated rings. The molecule has 0 saturated carbocycles. The lowest BCUT2D eigenvalue weighted by Crippen LogP contribution is -2.18. The van der Waals surface area contributed by atoms with E-state index in [2.05, 4.69) is 154 Å². The molecular weight excluding hydrogens is 598 g/mol. The van der Waals surface area contributed by atoms with Crippen LogP contribution in [0.2, 0.25) is 0 Å². The molecule has 2 unspecified atom stereocenters. The quantitative estimate of drug-likeness (QED) is 0.197. The van der Waals surface area contributed by atoms with Crippen LogP contribution in [0.15, 0.2) is 112 Å². The van der Waals surface area contributed by atoms with Crippen LogP contribution in [0.25, 0.3) is 21.9 Å². The third-order valence-corrected chi connectivity index (χ3v) is 9.33. The van der Waals surface area contributed by atoms with E-state index in [9.17, 15) is 0 Å². The minimum Gasteiger partial charge on any atom is -0.360 e. The molecule has 2 aliphatic rings. The molecule has 0 spiro atoms. The Labute approximate surface area is 240 Å². The minimum absolute atomic E-state index is 0.171. The summed E-state index contributed by atoms with van der Waals surface area (Å²) in [6, 6.07) is 37.4. The van der Waals surface area contributed by atoms with Crippen LogP contribution in [0.4, 0.5) is 17.1 Å². The van der Waals surface area contributed by atoms with Crippen LogP contribution >= 0.6 is 31.9 Å². The lowest BCUT2D eigenvalue weighted by molar-refractivity contribution is -0.0662. The minimum atomic E-state index is -0.214. The molecule has 2 bridgehead atoms. The smallest absolute Gasteiger partial charge is 0.0920 e. The monoisotopic (exact) mass is 623 g/mol. The fourth-order valence-corrected chi connectivity index (χ4v) is 6.85. The molecule has 5 aromatic carbocycles. The van der Waals surface area contributed by atoms with Gasteiger partial charge in [0.05, 0.1) is 16.9 Å². The molecule has 2 nitrogen and oxygen atoms in total. The van der Waals surface area contributed by atoms with E-state index in [-0.39, 0.29) is 11.2 Å². The van der Waals surface area contributed by atoms with Crippen LogP contribution in [-0.2, 0) is 15.9 Å². The Morgan fingerprint density at radius 2 is 1.18 bits per heavy atom. The Hall–Kier alpha value is -2.92. The van der Waals surface area contributed by atoms with Crippen molar-refractivity contribution in [3.05, 3.63) is 123 Å². The first-order valence-electron chi connectivity index (χ1n) is 13.0. The maximum atomic E-state index is 6.60. The van der Waals surface area contributed by atoms with Crippen LogP contribution in [-0.4, -0.2) is 0 Å². The Bertz CT molecular complexity index is 1650. The van der Waals surface area contributed by atoms with Crippen molar-refractivity contribution in [1.82, 2.24) is 0 Å². The summed E-state index contributed by atoms with van der Waals surface area (Å²) < 4.78 is 8.72. The van der Waals surface area contributed by atoms with Crippen molar-refractivity contribution in [2.75, 3.05) is 4.90 Å². The highest BCUT2D eigenvalue weighted by atomic mass is 79.9. The first-order valence-corrected chi connectivity index (χ1v) is 14.6. The second-order valence-corrected chi connectivity index (χ2v) is 12.7. The van der Waals surface area contributed by atoms with Crippen molar-refractivity contribution >= 4 is 59.7 Å². The van der Waals surface area contributed by atoms with Crippen LogP contribution in [0.3, 0.4) is 0 Å². The predicted molar refractivity (Wildman–Crippen MR) is 164 cm³/mol. The van der Waals surface area contributed by atoms with E-state index in [1.807, 2.05) is 0 Å². The average molecular weight is 625 g/mol. The molecule has 0 amide bonds. The standard InChI is InChI=1S/C34H27Br2NO/c1-33-17-18-34(2,38-33)31-20-24(7-16-30(31)33)29-19-22-5-3-4-6-23(22)21-32(29)37(27-12-8-25(35)9-13-27)28-14-10-26(36)11-15-28/h3-16,19-21H,17-18H2,1-2H3. The third-order valence-electron chi connectivity index (χ3n) is 8.27. The van der Waals surface area contributed by atoms with Crippen LogP contribution < -0.4 is 4.90 Å². The lowest BCUT2D eigenvalue weighted by atomic mass is 9.77. The summed E-state index contributed by atoms with van der Waals surface area (Å²) in [4.78, 5) is 2.36. The van der Waals surface area contributed by atoms with Crippen LogP contribution in [0, 0.1) is 0 Å². The highest BCUT2D eigenvalue weighted by Crippen LogP contribution is 2.58. The molecule has 2 heterocycles. The molecule has 4 heteroatoms. The van der Waals surface area contributed by atoms with Gasteiger partial charge in [0.15, 0.2) is 0 Å². The summed E-state index contributed by atoms with van der Waals surface area (Å²) >= 11 is 7.24. The van der Waals surface area contributed by atoms with Crippen molar-refractivity contribution in [3.8, 4) is 11.1 Å². The molecule has 7 rings (SSSR count). The van der Waals surface area contributed by atoms with Gasteiger partial charge in [0.2, 0.25) is 0 Å². The molecule has 38 heavy (non-hydrogen) atoms. The largest absolute Gasteiger partial charge is 0.360 e. The van der Waals surface area contributed by atoms with Crippen molar-refractivity contribution < 1.29 is 4.74 Å². The molecule has 188 valence electrons. The second-order valence-electron chi connectivity index (χ2n) is 10.8. The number of rotatable bonds is 4. The third kappa shape index (κ3) is 3.85. The molecule has 0 aromatic heterocycles. The van der Waals surface area contributed by atoms with Gasteiger partial charge in [-0.15, -0.1) is 0 Å². The average Bonchev–Trinajstić information content (AvgIpc) is 3.37. The van der Waals surface area contributed by atoms with E-state index in [0.717, 1.165) is 38.8 Å². The first-order chi connectivity index (χ1) is 18.3. The molecule has 2 atom stereocenters. The zero-order chi connectivity index (χ0) is 26.1. The zero-order valence-electron chi connectivity index (χ0n) is 21.3. The SMILES string of the molecule is CC12CCC(C)(O1)c1cc(-c3cc4ccccc4cc3N(c3ccc(Br)cc3)c3ccc(Br)cc3)ccc12.